The molecule has 8 heteroatoms. The fourth-order valence-electron chi connectivity index (χ4n) is 3.38. The van der Waals surface area contributed by atoms with Crippen LogP contribution >= 0.6 is 0 Å². The van der Waals surface area contributed by atoms with Crippen molar-refractivity contribution in [2.75, 3.05) is 38.6 Å². The van der Waals surface area contributed by atoms with E-state index in [1.165, 1.54) is 20.2 Å². The summed E-state index contributed by atoms with van der Waals surface area (Å²) in [5.41, 5.74) is 0.991. The summed E-state index contributed by atoms with van der Waals surface area (Å²) in [5, 5.41) is 1.09. The van der Waals surface area contributed by atoms with Crippen LogP contribution in [0, 0.1) is 0 Å². The molecule has 0 fully saturated rings. The van der Waals surface area contributed by atoms with Crippen molar-refractivity contribution in [2.45, 2.75) is 18.7 Å². The van der Waals surface area contributed by atoms with Crippen LogP contribution in [-0.4, -0.2) is 63.2 Å². The third-order valence-electron chi connectivity index (χ3n) is 4.86. The Morgan fingerprint density at radius 3 is 2.33 bits per heavy atom. The average Bonchev–Trinajstić information content (AvgIpc) is 2.90. The molecule has 27 heavy (non-hydrogen) atoms. The van der Waals surface area contributed by atoms with E-state index in [0.717, 1.165) is 0 Å². The maximum atomic E-state index is 13.0. The molecule has 0 unspecified atom stereocenters. The van der Waals surface area contributed by atoms with E-state index < -0.39 is 10.0 Å². The molecule has 0 spiro atoms. The summed E-state index contributed by atoms with van der Waals surface area (Å²) in [6.07, 6.45) is 0. The van der Waals surface area contributed by atoms with Gasteiger partial charge in [0.15, 0.2) is 0 Å². The average molecular weight is 389 g/mol. The van der Waals surface area contributed by atoms with Crippen molar-refractivity contribution in [1.82, 2.24) is 9.21 Å². The van der Waals surface area contributed by atoms with Gasteiger partial charge < -0.3 is 4.90 Å². The Kier molecular flexibility index (Phi) is 4.96. The molecule has 144 valence electrons. The van der Waals surface area contributed by atoms with Crippen LogP contribution in [0.15, 0.2) is 35.2 Å². The van der Waals surface area contributed by atoms with Crippen molar-refractivity contribution < 1.29 is 18.0 Å². The van der Waals surface area contributed by atoms with Gasteiger partial charge in [-0.3, -0.25) is 14.5 Å². The smallest absolute Gasteiger partial charge is 0.259 e. The van der Waals surface area contributed by atoms with Crippen LogP contribution in [0.1, 0.15) is 24.2 Å². The number of likely N-dealkylation sites (N-methyl/N-ethyl adjacent to an activating group) is 1. The predicted molar refractivity (Wildman–Crippen MR) is 104 cm³/mol. The van der Waals surface area contributed by atoms with Crippen molar-refractivity contribution in [2.24, 2.45) is 0 Å². The zero-order chi connectivity index (χ0) is 19.9. The van der Waals surface area contributed by atoms with E-state index in [2.05, 4.69) is 0 Å². The third kappa shape index (κ3) is 2.98. The largest absolute Gasteiger partial charge is 0.347 e. The van der Waals surface area contributed by atoms with Crippen LogP contribution in [0.4, 0.5) is 5.69 Å². The molecule has 0 radical (unpaired) electrons. The fourth-order valence-corrected chi connectivity index (χ4v) is 5.03. The van der Waals surface area contributed by atoms with Gasteiger partial charge in [-0.1, -0.05) is 26.0 Å². The van der Waals surface area contributed by atoms with E-state index >= 15 is 0 Å². The van der Waals surface area contributed by atoms with E-state index in [4.69, 9.17) is 0 Å². The highest BCUT2D eigenvalue weighted by atomic mass is 32.2. The van der Waals surface area contributed by atoms with Gasteiger partial charge in [-0.15, -0.1) is 0 Å². The van der Waals surface area contributed by atoms with Crippen molar-refractivity contribution in [1.29, 1.82) is 0 Å². The first-order valence-corrected chi connectivity index (χ1v) is 10.3. The first-order chi connectivity index (χ1) is 12.7. The Labute approximate surface area is 159 Å². The number of hydrogen-bond donors (Lipinski definition) is 0. The summed E-state index contributed by atoms with van der Waals surface area (Å²) < 4.78 is 27.5. The maximum absolute atomic E-state index is 13.0. The molecule has 2 aromatic rings. The summed E-state index contributed by atoms with van der Waals surface area (Å²) in [7, 11) is -0.416. The zero-order valence-electron chi connectivity index (χ0n) is 15.9. The molecule has 2 amide bonds. The maximum Gasteiger partial charge on any atom is 0.259 e. The number of sulfonamides is 1. The lowest BCUT2D eigenvalue weighted by molar-refractivity contribution is -0.127. The molecule has 2 aromatic carbocycles. The number of anilines is 1. The first-order valence-electron chi connectivity index (χ1n) is 8.81. The molecular formula is C19H23N3O4S. The SMILES string of the molecule is CCN(CC)S(=O)(=O)c1ccc2c3c(cccc13)C(=O)N2CC(=O)N(C)C. The van der Waals surface area contributed by atoms with Gasteiger partial charge in [0.25, 0.3) is 5.91 Å². The Morgan fingerprint density at radius 1 is 1.07 bits per heavy atom. The van der Waals surface area contributed by atoms with Gasteiger partial charge in [0.05, 0.1) is 10.6 Å². The lowest BCUT2D eigenvalue weighted by Gasteiger charge is -2.21. The lowest BCUT2D eigenvalue weighted by atomic mass is 10.1. The number of amides is 2. The molecule has 7 nitrogen and oxygen atoms in total. The molecule has 0 aromatic heterocycles. The number of benzene rings is 2. The normalized spacial score (nSPS) is 13.7. The zero-order valence-corrected chi connectivity index (χ0v) is 16.7. The van der Waals surface area contributed by atoms with Crippen LogP contribution in [0.5, 0.6) is 0 Å². The quantitative estimate of drug-likeness (QED) is 0.756. The van der Waals surface area contributed by atoms with Crippen LogP contribution in [-0.2, 0) is 14.8 Å². The number of rotatable bonds is 6. The number of nitrogens with zero attached hydrogens (tertiary/aromatic N) is 3. The summed E-state index contributed by atoms with van der Waals surface area (Å²) in [6, 6.07) is 8.21. The monoisotopic (exact) mass is 389 g/mol. The van der Waals surface area contributed by atoms with Crippen LogP contribution < -0.4 is 4.90 Å². The minimum absolute atomic E-state index is 0.0856. The highest BCUT2D eigenvalue weighted by molar-refractivity contribution is 7.89. The van der Waals surface area contributed by atoms with Gasteiger partial charge >= 0.3 is 0 Å². The molecule has 0 saturated carbocycles. The van der Waals surface area contributed by atoms with Gasteiger partial charge in [-0.25, -0.2) is 8.42 Å². The Hall–Kier alpha value is -2.45. The van der Waals surface area contributed by atoms with Crippen LogP contribution in [0.2, 0.25) is 0 Å². The molecule has 1 aliphatic rings. The summed E-state index contributed by atoms with van der Waals surface area (Å²) in [4.78, 5) is 28.0. The summed E-state index contributed by atoms with van der Waals surface area (Å²) in [6.45, 7) is 4.23. The van der Waals surface area contributed by atoms with E-state index in [9.17, 15) is 18.0 Å². The predicted octanol–water partition coefficient (Wildman–Crippen LogP) is 1.92. The summed E-state index contributed by atoms with van der Waals surface area (Å²) >= 11 is 0. The van der Waals surface area contributed by atoms with E-state index in [0.29, 0.717) is 35.1 Å². The van der Waals surface area contributed by atoms with E-state index in [-0.39, 0.29) is 23.3 Å². The molecule has 3 rings (SSSR count). The molecule has 0 N–H and O–H groups in total. The molecule has 0 saturated heterocycles. The Balaban J connectivity index is 2.20. The molecule has 0 aliphatic carbocycles. The molecule has 1 aliphatic heterocycles. The lowest BCUT2D eigenvalue weighted by Crippen LogP contribution is -2.38. The van der Waals surface area contributed by atoms with Crippen LogP contribution in [0.3, 0.4) is 0 Å². The van der Waals surface area contributed by atoms with Gasteiger partial charge in [-0.2, -0.15) is 4.31 Å². The van der Waals surface area contributed by atoms with Gasteiger partial charge in [0, 0.05) is 43.5 Å². The van der Waals surface area contributed by atoms with Crippen molar-refractivity contribution >= 4 is 38.3 Å². The van der Waals surface area contributed by atoms with Crippen molar-refractivity contribution in [3.63, 3.8) is 0 Å². The molecule has 1 heterocycles. The van der Waals surface area contributed by atoms with E-state index in [1.807, 2.05) is 0 Å². The second kappa shape index (κ2) is 6.94. The Morgan fingerprint density at radius 2 is 1.74 bits per heavy atom. The summed E-state index contributed by atoms with van der Waals surface area (Å²) in [5.74, 6) is -0.493. The second-order valence-electron chi connectivity index (χ2n) is 6.58. The number of carbonyl (C=O) groups is 2. The minimum atomic E-state index is -3.68. The van der Waals surface area contributed by atoms with E-state index in [1.54, 1.807) is 52.2 Å². The third-order valence-corrected chi connectivity index (χ3v) is 6.97. The molecule has 0 bridgehead atoms. The van der Waals surface area contributed by atoms with Gasteiger partial charge in [-0.05, 0) is 18.2 Å². The van der Waals surface area contributed by atoms with Gasteiger partial charge in [0.2, 0.25) is 15.9 Å². The first kappa shape index (κ1) is 19.3. The molecular weight excluding hydrogens is 366 g/mol. The standard InChI is InChI=1S/C19H23N3O4S/c1-5-21(6-2)27(25,26)16-11-10-15-18-13(16)8-7-9-14(18)19(24)22(15)12-17(23)20(3)4/h7-11H,5-6,12H2,1-4H3. The second-order valence-corrected chi connectivity index (χ2v) is 8.49. The highest BCUT2D eigenvalue weighted by Gasteiger charge is 2.34. The Bertz CT molecular complexity index is 1030. The molecule has 0 atom stereocenters. The van der Waals surface area contributed by atoms with Crippen molar-refractivity contribution in [3.05, 3.63) is 35.9 Å². The van der Waals surface area contributed by atoms with Crippen molar-refractivity contribution in [3.8, 4) is 0 Å². The number of hydrogen-bond acceptors (Lipinski definition) is 4. The van der Waals surface area contributed by atoms with Gasteiger partial charge in [0.1, 0.15) is 6.54 Å². The fraction of sp³-hybridized carbons (Fsp3) is 0.368. The highest BCUT2D eigenvalue weighted by Crippen LogP contribution is 2.40. The minimum Gasteiger partial charge on any atom is -0.347 e. The van der Waals surface area contributed by atoms with Crippen LogP contribution in [0.25, 0.3) is 10.8 Å². The number of carbonyl (C=O) groups excluding carboxylic acids is 2. The topological polar surface area (TPSA) is 78.0 Å².